The first kappa shape index (κ1) is 20.7. The molecule has 0 spiro atoms. The zero-order valence-corrected chi connectivity index (χ0v) is 19.1. The maximum absolute atomic E-state index is 11.7. The molecule has 1 fully saturated rings. The van der Waals surface area contributed by atoms with Gasteiger partial charge in [-0.1, -0.05) is 24.3 Å². The van der Waals surface area contributed by atoms with E-state index in [0.717, 1.165) is 54.2 Å². The standard InChI is InChI=1S/C25H26N4O2S/c1-18-15-21(19-3-7-22(8-4-19)28-13-11-26-12-14-28)16-29-17-24(27-25(18)29)20-5-9-23(10-6-20)32(2,30)31/h3-10,15-17,26H,11-14H2,1-2H3. The van der Waals surface area contributed by atoms with Gasteiger partial charge >= 0.3 is 0 Å². The van der Waals surface area contributed by atoms with Crippen LogP contribution in [0.25, 0.3) is 28.0 Å². The summed E-state index contributed by atoms with van der Waals surface area (Å²) in [7, 11) is -3.21. The largest absolute Gasteiger partial charge is 0.369 e. The van der Waals surface area contributed by atoms with Crippen LogP contribution in [-0.2, 0) is 9.84 Å². The molecule has 1 aliphatic rings. The molecular formula is C25H26N4O2S. The molecule has 1 N–H and O–H groups in total. The third-order valence-electron chi connectivity index (χ3n) is 6.00. The maximum atomic E-state index is 11.7. The van der Waals surface area contributed by atoms with Crippen LogP contribution < -0.4 is 10.2 Å². The molecule has 164 valence electrons. The van der Waals surface area contributed by atoms with Crippen LogP contribution in [0.5, 0.6) is 0 Å². The lowest BCUT2D eigenvalue weighted by Crippen LogP contribution is -2.43. The van der Waals surface area contributed by atoms with Crippen molar-refractivity contribution in [1.82, 2.24) is 14.7 Å². The van der Waals surface area contributed by atoms with Crippen molar-refractivity contribution in [2.75, 3.05) is 37.3 Å². The third-order valence-corrected chi connectivity index (χ3v) is 7.12. The van der Waals surface area contributed by atoms with E-state index in [1.807, 2.05) is 18.3 Å². The van der Waals surface area contributed by atoms with Crippen molar-refractivity contribution in [2.24, 2.45) is 0 Å². The third kappa shape index (κ3) is 4.01. The Morgan fingerprint density at radius 1 is 0.875 bits per heavy atom. The molecule has 1 saturated heterocycles. The van der Waals surface area contributed by atoms with E-state index in [1.165, 1.54) is 17.5 Å². The van der Waals surface area contributed by atoms with E-state index in [9.17, 15) is 8.42 Å². The molecule has 3 heterocycles. The lowest BCUT2D eigenvalue weighted by molar-refractivity contribution is 0.589. The highest BCUT2D eigenvalue weighted by Gasteiger charge is 2.13. The second-order valence-corrected chi connectivity index (χ2v) is 10.4. The minimum atomic E-state index is -3.21. The molecule has 4 aromatic rings. The number of hydrogen-bond acceptors (Lipinski definition) is 5. The summed E-state index contributed by atoms with van der Waals surface area (Å²) in [6.07, 6.45) is 5.31. The van der Waals surface area contributed by atoms with E-state index < -0.39 is 9.84 Å². The minimum absolute atomic E-state index is 0.313. The van der Waals surface area contributed by atoms with E-state index in [4.69, 9.17) is 4.98 Å². The lowest BCUT2D eigenvalue weighted by Gasteiger charge is -2.29. The Labute approximate surface area is 188 Å². The van der Waals surface area contributed by atoms with Crippen LogP contribution in [0, 0.1) is 6.92 Å². The summed E-state index contributed by atoms with van der Waals surface area (Å²) in [6, 6.07) is 17.8. The van der Waals surface area contributed by atoms with Crippen LogP contribution in [0.4, 0.5) is 5.69 Å². The van der Waals surface area contributed by atoms with Gasteiger partial charge in [-0.3, -0.25) is 0 Å². The molecular weight excluding hydrogens is 420 g/mol. The van der Waals surface area contributed by atoms with Crippen LogP contribution >= 0.6 is 0 Å². The number of pyridine rings is 1. The lowest BCUT2D eigenvalue weighted by atomic mass is 10.1. The first-order valence-electron chi connectivity index (χ1n) is 10.7. The van der Waals surface area contributed by atoms with Crippen LogP contribution in [0.1, 0.15) is 5.56 Å². The summed E-state index contributed by atoms with van der Waals surface area (Å²) < 4.78 is 25.5. The number of nitrogens with zero attached hydrogens (tertiary/aromatic N) is 3. The van der Waals surface area contributed by atoms with Gasteiger partial charge in [0.05, 0.1) is 10.6 Å². The first-order valence-corrected chi connectivity index (χ1v) is 12.6. The highest BCUT2D eigenvalue weighted by atomic mass is 32.2. The zero-order valence-electron chi connectivity index (χ0n) is 18.2. The smallest absolute Gasteiger partial charge is 0.175 e. The summed E-state index contributed by atoms with van der Waals surface area (Å²) >= 11 is 0. The summed E-state index contributed by atoms with van der Waals surface area (Å²) in [4.78, 5) is 7.51. The molecule has 5 rings (SSSR count). The predicted octanol–water partition coefficient (Wildman–Crippen LogP) is 3.79. The van der Waals surface area contributed by atoms with Crippen molar-refractivity contribution >= 4 is 21.2 Å². The van der Waals surface area contributed by atoms with Crippen LogP contribution in [0.3, 0.4) is 0 Å². The average molecular weight is 447 g/mol. The van der Waals surface area contributed by atoms with E-state index in [-0.39, 0.29) is 0 Å². The van der Waals surface area contributed by atoms with Gasteiger partial charge in [0.25, 0.3) is 0 Å². The van der Waals surface area contributed by atoms with E-state index in [0.29, 0.717) is 4.90 Å². The van der Waals surface area contributed by atoms with Crippen molar-refractivity contribution in [3.63, 3.8) is 0 Å². The van der Waals surface area contributed by atoms with Gasteiger partial charge in [0.1, 0.15) is 5.65 Å². The Kier molecular flexibility index (Phi) is 5.23. The van der Waals surface area contributed by atoms with Crippen molar-refractivity contribution in [1.29, 1.82) is 0 Å². The van der Waals surface area contributed by atoms with Crippen molar-refractivity contribution in [3.05, 3.63) is 72.6 Å². The number of piperazine rings is 1. The van der Waals surface area contributed by atoms with Crippen molar-refractivity contribution in [2.45, 2.75) is 11.8 Å². The number of anilines is 1. The molecule has 1 aliphatic heterocycles. The Hall–Kier alpha value is -3.16. The number of nitrogens with one attached hydrogen (secondary N) is 1. The van der Waals surface area contributed by atoms with Gasteiger partial charge in [0.2, 0.25) is 0 Å². The van der Waals surface area contributed by atoms with Crippen molar-refractivity contribution in [3.8, 4) is 22.4 Å². The van der Waals surface area contributed by atoms with Crippen LogP contribution in [0.15, 0.2) is 71.9 Å². The Morgan fingerprint density at radius 2 is 1.53 bits per heavy atom. The number of fused-ring (bicyclic) bond motifs is 1. The van der Waals surface area contributed by atoms with Gasteiger partial charge in [-0.25, -0.2) is 13.4 Å². The van der Waals surface area contributed by atoms with Gasteiger partial charge < -0.3 is 14.6 Å². The summed E-state index contributed by atoms with van der Waals surface area (Å²) in [6.45, 7) is 6.19. The molecule has 0 radical (unpaired) electrons. The van der Waals surface area contributed by atoms with Gasteiger partial charge in [-0.05, 0) is 53.9 Å². The Bertz CT molecular complexity index is 1370. The maximum Gasteiger partial charge on any atom is 0.175 e. The predicted molar refractivity (Wildman–Crippen MR) is 129 cm³/mol. The Morgan fingerprint density at radius 3 is 2.19 bits per heavy atom. The van der Waals surface area contributed by atoms with Gasteiger partial charge in [0, 0.05) is 56.1 Å². The number of rotatable bonds is 4. The number of hydrogen-bond donors (Lipinski definition) is 1. The summed E-state index contributed by atoms with van der Waals surface area (Å²) in [5, 5.41) is 3.39. The normalized spacial score (nSPS) is 14.8. The molecule has 2 aromatic carbocycles. The molecule has 0 aliphatic carbocycles. The molecule has 0 atom stereocenters. The molecule has 32 heavy (non-hydrogen) atoms. The SMILES string of the molecule is Cc1cc(-c2ccc(N3CCNCC3)cc2)cn2cc(-c3ccc(S(C)(=O)=O)cc3)nc12. The molecule has 0 bridgehead atoms. The average Bonchev–Trinajstić information content (AvgIpc) is 3.24. The fourth-order valence-electron chi connectivity index (χ4n) is 4.23. The molecule has 7 heteroatoms. The van der Waals surface area contributed by atoms with Crippen LogP contribution in [-0.4, -0.2) is 50.2 Å². The summed E-state index contributed by atoms with van der Waals surface area (Å²) in [5.41, 5.74) is 7.26. The number of aromatic nitrogens is 2. The zero-order chi connectivity index (χ0) is 22.3. The fourth-order valence-corrected chi connectivity index (χ4v) is 4.86. The summed E-state index contributed by atoms with van der Waals surface area (Å²) in [5.74, 6) is 0. The van der Waals surface area contributed by atoms with E-state index >= 15 is 0 Å². The molecule has 0 unspecified atom stereocenters. The van der Waals surface area contributed by atoms with E-state index in [1.54, 1.807) is 12.1 Å². The second-order valence-electron chi connectivity index (χ2n) is 8.35. The molecule has 0 amide bonds. The topological polar surface area (TPSA) is 66.7 Å². The second kappa shape index (κ2) is 8.07. The van der Waals surface area contributed by atoms with E-state index in [2.05, 4.69) is 58.1 Å². The minimum Gasteiger partial charge on any atom is -0.369 e. The number of imidazole rings is 1. The van der Waals surface area contributed by atoms with Crippen molar-refractivity contribution < 1.29 is 8.42 Å². The van der Waals surface area contributed by atoms with Gasteiger partial charge in [0.15, 0.2) is 9.84 Å². The van der Waals surface area contributed by atoms with Crippen LogP contribution in [0.2, 0.25) is 0 Å². The Balaban J connectivity index is 1.46. The monoisotopic (exact) mass is 446 g/mol. The highest BCUT2D eigenvalue weighted by molar-refractivity contribution is 7.90. The fraction of sp³-hybridized carbons (Fsp3) is 0.240. The molecule has 2 aromatic heterocycles. The quantitative estimate of drug-likeness (QED) is 0.517. The first-order chi connectivity index (χ1) is 15.4. The van der Waals surface area contributed by atoms with Gasteiger partial charge in [-0.15, -0.1) is 0 Å². The number of sulfone groups is 1. The highest BCUT2D eigenvalue weighted by Crippen LogP contribution is 2.28. The number of benzene rings is 2. The molecule has 6 nitrogen and oxygen atoms in total. The number of aryl methyl sites for hydroxylation is 1. The molecule has 0 saturated carbocycles. The van der Waals surface area contributed by atoms with Gasteiger partial charge in [-0.2, -0.15) is 0 Å².